The summed E-state index contributed by atoms with van der Waals surface area (Å²) in [6.07, 6.45) is 0. The number of aromatic nitrogens is 2. The molecule has 0 unspecified atom stereocenters. The van der Waals surface area contributed by atoms with Crippen LogP contribution in [0.3, 0.4) is 0 Å². The zero-order valence-corrected chi connectivity index (χ0v) is 16.7. The molecule has 0 saturated heterocycles. The lowest BCUT2D eigenvalue weighted by Gasteiger charge is -2.12. The van der Waals surface area contributed by atoms with E-state index in [1.165, 1.54) is 23.9 Å². The molecule has 0 atom stereocenters. The van der Waals surface area contributed by atoms with Gasteiger partial charge in [-0.2, -0.15) is 5.10 Å². The van der Waals surface area contributed by atoms with Crippen LogP contribution < -0.4 is 10.1 Å². The summed E-state index contributed by atoms with van der Waals surface area (Å²) >= 11 is 5.98. The van der Waals surface area contributed by atoms with E-state index in [1.807, 2.05) is 0 Å². The van der Waals surface area contributed by atoms with Gasteiger partial charge in [-0.15, -0.1) is 0 Å². The van der Waals surface area contributed by atoms with E-state index in [0.717, 1.165) is 6.07 Å². The number of sulfone groups is 1. The van der Waals surface area contributed by atoms with E-state index >= 15 is 0 Å². The Hall–Kier alpha value is -2.91. The van der Waals surface area contributed by atoms with Crippen LogP contribution in [-0.4, -0.2) is 31.2 Å². The Balaban J connectivity index is 1.80. The van der Waals surface area contributed by atoms with Crippen LogP contribution in [0, 0.1) is 5.82 Å². The number of nitrogens with zero attached hydrogens (tertiary/aromatic N) is 2. The van der Waals surface area contributed by atoms with Crippen molar-refractivity contribution in [3.8, 4) is 11.4 Å². The molecule has 0 fully saturated rings. The van der Waals surface area contributed by atoms with E-state index < -0.39 is 21.6 Å². The Labute approximate surface area is 171 Å². The molecule has 0 saturated carbocycles. The van der Waals surface area contributed by atoms with Crippen LogP contribution in [0.25, 0.3) is 5.69 Å². The predicted octanol–water partition coefficient (Wildman–Crippen LogP) is 3.35. The summed E-state index contributed by atoms with van der Waals surface area (Å²) in [7, 11) is -1.82. The molecule has 3 aromatic rings. The lowest BCUT2D eigenvalue weighted by molar-refractivity contribution is 0.102. The van der Waals surface area contributed by atoms with Crippen molar-refractivity contribution in [2.75, 3.05) is 12.4 Å². The minimum absolute atomic E-state index is 0.0534. The van der Waals surface area contributed by atoms with Crippen LogP contribution in [0.2, 0.25) is 5.02 Å². The van der Waals surface area contributed by atoms with Crippen molar-refractivity contribution in [3.63, 3.8) is 0 Å². The number of ether oxygens (including phenoxy) is 1. The molecule has 4 rings (SSSR count). The van der Waals surface area contributed by atoms with Gasteiger partial charge in [0.25, 0.3) is 5.91 Å². The molecule has 1 N–H and O–H groups in total. The second-order valence-electron chi connectivity index (χ2n) is 6.47. The maximum absolute atomic E-state index is 14.2. The molecule has 10 heteroatoms. The average molecular weight is 436 g/mol. The van der Waals surface area contributed by atoms with Crippen molar-refractivity contribution >= 4 is 33.2 Å². The fraction of sp³-hybridized carbons (Fsp3) is 0.158. The number of amides is 1. The number of hydrogen-bond donors (Lipinski definition) is 1. The second-order valence-corrected chi connectivity index (χ2v) is 8.94. The van der Waals surface area contributed by atoms with Crippen LogP contribution in [0.15, 0.2) is 42.5 Å². The third-order valence-electron chi connectivity index (χ3n) is 4.53. The molecule has 1 amide bonds. The van der Waals surface area contributed by atoms with E-state index in [1.54, 1.807) is 24.3 Å². The van der Waals surface area contributed by atoms with Crippen molar-refractivity contribution in [2.24, 2.45) is 0 Å². The number of rotatable bonds is 4. The van der Waals surface area contributed by atoms with Gasteiger partial charge in [0.2, 0.25) is 0 Å². The first-order chi connectivity index (χ1) is 13.8. The fourth-order valence-electron chi connectivity index (χ4n) is 3.17. The predicted molar refractivity (Wildman–Crippen MR) is 106 cm³/mol. The Morgan fingerprint density at radius 1 is 1.21 bits per heavy atom. The highest BCUT2D eigenvalue weighted by Gasteiger charge is 2.33. The van der Waals surface area contributed by atoms with Gasteiger partial charge in [-0.25, -0.2) is 17.5 Å². The minimum atomic E-state index is -3.36. The third kappa shape index (κ3) is 3.58. The first kappa shape index (κ1) is 19.4. The van der Waals surface area contributed by atoms with Crippen molar-refractivity contribution in [2.45, 2.75) is 11.5 Å². The average Bonchev–Trinajstić information content (AvgIpc) is 3.14. The number of anilines is 1. The van der Waals surface area contributed by atoms with Crippen LogP contribution in [0.4, 0.5) is 10.2 Å². The third-order valence-corrected chi connectivity index (χ3v) is 6.28. The maximum atomic E-state index is 14.2. The van der Waals surface area contributed by atoms with E-state index in [2.05, 4.69) is 10.4 Å². The topological polar surface area (TPSA) is 90.3 Å². The van der Waals surface area contributed by atoms with Crippen molar-refractivity contribution in [1.29, 1.82) is 0 Å². The zero-order valence-electron chi connectivity index (χ0n) is 15.1. The summed E-state index contributed by atoms with van der Waals surface area (Å²) in [5.41, 5.74) is 0.969. The van der Waals surface area contributed by atoms with E-state index in [-0.39, 0.29) is 27.9 Å². The van der Waals surface area contributed by atoms with Gasteiger partial charge in [0, 0.05) is 5.56 Å². The Morgan fingerprint density at radius 3 is 2.59 bits per heavy atom. The SMILES string of the molecule is COc1ccc(-n2nc3c(c2NC(=O)c2c(F)cccc2Cl)CS(=O)(=O)C3)cc1. The van der Waals surface area contributed by atoms with E-state index in [0.29, 0.717) is 22.7 Å². The molecule has 1 aliphatic heterocycles. The monoisotopic (exact) mass is 435 g/mol. The van der Waals surface area contributed by atoms with Gasteiger partial charge in [0.15, 0.2) is 9.84 Å². The lowest BCUT2D eigenvalue weighted by atomic mass is 10.2. The van der Waals surface area contributed by atoms with Crippen molar-refractivity contribution < 1.29 is 22.3 Å². The lowest BCUT2D eigenvalue weighted by Crippen LogP contribution is -2.18. The molecular weight excluding hydrogens is 421 g/mol. The number of nitrogens with one attached hydrogen (secondary N) is 1. The van der Waals surface area contributed by atoms with Gasteiger partial charge in [-0.1, -0.05) is 17.7 Å². The number of carbonyl (C=O) groups excluding carboxylic acids is 1. The summed E-state index contributed by atoms with van der Waals surface area (Å²) in [6, 6.07) is 10.7. The Bertz CT molecular complexity index is 1200. The largest absolute Gasteiger partial charge is 0.497 e. The summed E-state index contributed by atoms with van der Waals surface area (Å²) in [6.45, 7) is 0. The number of methoxy groups -OCH3 is 1. The van der Waals surface area contributed by atoms with Gasteiger partial charge in [-0.05, 0) is 36.4 Å². The fourth-order valence-corrected chi connectivity index (χ4v) is 4.91. The first-order valence-corrected chi connectivity index (χ1v) is 10.7. The van der Waals surface area contributed by atoms with E-state index in [9.17, 15) is 17.6 Å². The molecule has 1 aromatic heterocycles. The molecule has 7 nitrogen and oxygen atoms in total. The number of benzene rings is 2. The standard InChI is InChI=1S/C19H15ClFN3O4S/c1-28-12-7-5-11(6-8-12)24-18(13-9-29(26,27)10-16(13)23-24)22-19(25)17-14(20)3-2-4-15(17)21/h2-8H,9-10H2,1H3,(H,22,25). The van der Waals surface area contributed by atoms with Crippen LogP contribution in [0.1, 0.15) is 21.6 Å². The molecule has 150 valence electrons. The van der Waals surface area contributed by atoms with E-state index in [4.69, 9.17) is 16.3 Å². The number of carbonyl (C=O) groups is 1. The second kappa shape index (κ2) is 7.16. The number of hydrogen-bond acceptors (Lipinski definition) is 5. The van der Waals surface area contributed by atoms with Gasteiger partial charge >= 0.3 is 0 Å². The highest BCUT2D eigenvalue weighted by Crippen LogP contribution is 2.34. The summed E-state index contributed by atoms with van der Waals surface area (Å²) in [5.74, 6) is -1.28. The molecule has 0 aliphatic carbocycles. The smallest absolute Gasteiger partial charge is 0.261 e. The van der Waals surface area contributed by atoms with Crippen LogP contribution in [0.5, 0.6) is 5.75 Å². The molecule has 2 heterocycles. The molecule has 0 spiro atoms. The molecular formula is C19H15ClFN3O4S. The highest BCUT2D eigenvalue weighted by molar-refractivity contribution is 7.90. The Morgan fingerprint density at radius 2 is 1.93 bits per heavy atom. The van der Waals surface area contributed by atoms with Gasteiger partial charge in [-0.3, -0.25) is 4.79 Å². The highest BCUT2D eigenvalue weighted by atomic mass is 35.5. The minimum Gasteiger partial charge on any atom is -0.497 e. The van der Waals surface area contributed by atoms with Gasteiger partial charge in [0.1, 0.15) is 17.4 Å². The van der Waals surface area contributed by atoms with Crippen molar-refractivity contribution in [3.05, 3.63) is 70.1 Å². The zero-order chi connectivity index (χ0) is 20.8. The molecule has 1 aliphatic rings. The summed E-state index contributed by atoms with van der Waals surface area (Å²) < 4.78 is 44.8. The Kier molecular flexibility index (Phi) is 4.79. The molecule has 0 radical (unpaired) electrons. The summed E-state index contributed by atoms with van der Waals surface area (Å²) in [4.78, 5) is 12.8. The van der Waals surface area contributed by atoms with Crippen LogP contribution >= 0.6 is 11.6 Å². The molecule has 2 aromatic carbocycles. The summed E-state index contributed by atoms with van der Waals surface area (Å²) in [5, 5.41) is 6.90. The first-order valence-electron chi connectivity index (χ1n) is 8.50. The number of halogens is 2. The molecule has 29 heavy (non-hydrogen) atoms. The quantitative estimate of drug-likeness (QED) is 0.678. The number of fused-ring (bicyclic) bond motifs is 1. The maximum Gasteiger partial charge on any atom is 0.261 e. The van der Waals surface area contributed by atoms with Gasteiger partial charge in [0.05, 0.1) is 40.6 Å². The van der Waals surface area contributed by atoms with Crippen LogP contribution in [-0.2, 0) is 21.3 Å². The molecule has 0 bridgehead atoms. The van der Waals surface area contributed by atoms with Crippen molar-refractivity contribution in [1.82, 2.24) is 9.78 Å². The van der Waals surface area contributed by atoms with Gasteiger partial charge < -0.3 is 10.1 Å². The normalized spacial score (nSPS) is 14.4.